The van der Waals surface area contributed by atoms with Crippen LogP contribution in [0, 0.1) is 0 Å². The molecule has 1 amide bonds. The standard InChI is InChI=1S/C17H25ClN6O2Si/c1-5-13-16(25)20-12-10-19-17(18)21-15(12)24(13)14-6-7-23(22-14)11-26-8-9-27(2,3)4/h6-7,10,13H,5,8-9,11H2,1-4H3,(H,20,25). The Morgan fingerprint density at radius 2 is 2.15 bits per heavy atom. The number of ether oxygens (including phenoxy) is 1. The monoisotopic (exact) mass is 408 g/mol. The largest absolute Gasteiger partial charge is 0.360 e. The summed E-state index contributed by atoms with van der Waals surface area (Å²) in [6.45, 7) is 10.00. The van der Waals surface area contributed by atoms with Gasteiger partial charge in [0.25, 0.3) is 0 Å². The van der Waals surface area contributed by atoms with Gasteiger partial charge in [-0.3, -0.25) is 9.69 Å². The van der Waals surface area contributed by atoms with E-state index in [2.05, 4.69) is 40.0 Å². The highest BCUT2D eigenvalue weighted by molar-refractivity contribution is 6.76. The number of fused-ring (bicyclic) bond motifs is 1. The maximum absolute atomic E-state index is 12.5. The smallest absolute Gasteiger partial charge is 0.247 e. The number of hydrogen-bond acceptors (Lipinski definition) is 6. The highest BCUT2D eigenvalue weighted by Crippen LogP contribution is 2.36. The van der Waals surface area contributed by atoms with E-state index in [0.717, 1.165) is 12.7 Å². The number of carbonyl (C=O) groups is 1. The predicted octanol–water partition coefficient (Wildman–Crippen LogP) is 3.51. The molecule has 27 heavy (non-hydrogen) atoms. The summed E-state index contributed by atoms with van der Waals surface area (Å²) in [6, 6.07) is 2.54. The highest BCUT2D eigenvalue weighted by atomic mass is 35.5. The number of anilines is 3. The summed E-state index contributed by atoms with van der Waals surface area (Å²) >= 11 is 5.98. The summed E-state index contributed by atoms with van der Waals surface area (Å²) in [5.41, 5.74) is 0.523. The fourth-order valence-electron chi connectivity index (χ4n) is 2.83. The fraction of sp³-hybridized carbons (Fsp3) is 0.529. The zero-order valence-corrected chi connectivity index (χ0v) is 17.8. The van der Waals surface area contributed by atoms with Crippen LogP contribution in [0.25, 0.3) is 0 Å². The van der Waals surface area contributed by atoms with Crippen molar-refractivity contribution in [3.8, 4) is 0 Å². The molecule has 10 heteroatoms. The van der Waals surface area contributed by atoms with Gasteiger partial charge in [0.2, 0.25) is 11.2 Å². The Hall–Kier alpha value is -1.97. The van der Waals surface area contributed by atoms with Crippen molar-refractivity contribution < 1.29 is 9.53 Å². The third kappa shape index (κ3) is 4.66. The van der Waals surface area contributed by atoms with Crippen LogP contribution in [0.5, 0.6) is 0 Å². The molecule has 2 aromatic rings. The van der Waals surface area contributed by atoms with E-state index in [1.54, 1.807) is 9.58 Å². The molecule has 1 N–H and O–H groups in total. The first kappa shape index (κ1) is 19.8. The van der Waals surface area contributed by atoms with E-state index in [4.69, 9.17) is 16.3 Å². The second-order valence-corrected chi connectivity index (χ2v) is 13.7. The van der Waals surface area contributed by atoms with Gasteiger partial charge in [-0.15, -0.1) is 0 Å². The first-order valence-electron chi connectivity index (χ1n) is 9.02. The number of carbonyl (C=O) groups excluding carboxylic acids is 1. The minimum atomic E-state index is -1.12. The molecule has 146 valence electrons. The molecule has 1 aliphatic heterocycles. The van der Waals surface area contributed by atoms with Crippen molar-refractivity contribution in [1.29, 1.82) is 0 Å². The second-order valence-electron chi connectivity index (χ2n) is 7.72. The minimum absolute atomic E-state index is 0.114. The molecular weight excluding hydrogens is 384 g/mol. The average molecular weight is 409 g/mol. The zero-order chi connectivity index (χ0) is 19.6. The summed E-state index contributed by atoms with van der Waals surface area (Å²) in [7, 11) is -1.12. The van der Waals surface area contributed by atoms with Crippen molar-refractivity contribution in [1.82, 2.24) is 19.7 Å². The molecule has 0 saturated carbocycles. The van der Waals surface area contributed by atoms with Gasteiger partial charge in [0, 0.05) is 26.9 Å². The molecule has 1 unspecified atom stereocenters. The van der Waals surface area contributed by atoms with Crippen LogP contribution >= 0.6 is 11.6 Å². The lowest BCUT2D eigenvalue weighted by molar-refractivity contribution is -0.117. The molecule has 0 saturated heterocycles. The highest BCUT2D eigenvalue weighted by Gasteiger charge is 2.35. The first-order valence-corrected chi connectivity index (χ1v) is 13.1. The number of hydrogen-bond donors (Lipinski definition) is 1. The van der Waals surface area contributed by atoms with Gasteiger partial charge in [-0.1, -0.05) is 26.6 Å². The molecule has 3 rings (SSSR count). The maximum Gasteiger partial charge on any atom is 0.247 e. The van der Waals surface area contributed by atoms with Gasteiger partial charge >= 0.3 is 0 Å². The van der Waals surface area contributed by atoms with Gasteiger partial charge in [-0.2, -0.15) is 10.1 Å². The van der Waals surface area contributed by atoms with Crippen LogP contribution in [0.15, 0.2) is 18.5 Å². The summed E-state index contributed by atoms with van der Waals surface area (Å²) in [4.78, 5) is 22.5. The van der Waals surface area contributed by atoms with Gasteiger partial charge in [0.05, 0.1) is 6.20 Å². The molecule has 1 aliphatic rings. The number of nitrogens with zero attached hydrogens (tertiary/aromatic N) is 5. The molecule has 1 atom stereocenters. The quantitative estimate of drug-likeness (QED) is 0.428. The van der Waals surface area contributed by atoms with E-state index in [9.17, 15) is 4.79 Å². The van der Waals surface area contributed by atoms with E-state index in [1.165, 1.54) is 6.20 Å². The molecule has 2 aromatic heterocycles. The van der Waals surface area contributed by atoms with Crippen LogP contribution in [0.1, 0.15) is 13.3 Å². The number of aromatic nitrogens is 4. The summed E-state index contributed by atoms with van der Waals surface area (Å²) in [5, 5.41) is 7.53. The summed E-state index contributed by atoms with van der Waals surface area (Å²) in [6.07, 6.45) is 3.95. The van der Waals surface area contributed by atoms with Crippen molar-refractivity contribution in [3.63, 3.8) is 0 Å². The van der Waals surface area contributed by atoms with Crippen LogP contribution in [0.2, 0.25) is 31.0 Å². The predicted molar refractivity (Wildman–Crippen MR) is 108 cm³/mol. The summed E-state index contributed by atoms with van der Waals surface area (Å²) < 4.78 is 7.47. The average Bonchev–Trinajstić information content (AvgIpc) is 3.05. The van der Waals surface area contributed by atoms with Gasteiger partial charge < -0.3 is 10.1 Å². The minimum Gasteiger partial charge on any atom is -0.360 e. The lowest BCUT2D eigenvalue weighted by Crippen LogP contribution is -2.46. The van der Waals surface area contributed by atoms with Gasteiger partial charge in [0.1, 0.15) is 18.5 Å². The fourth-order valence-corrected chi connectivity index (χ4v) is 3.71. The van der Waals surface area contributed by atoms with E-state index in [0.29, 0.717) is 30.5 Å². The molecule has 0 radical (unpaired) electrons. The topological polar surface area (TPSA) is 85.2 Å². The van der Waals surface area contributed by atoms with E-state index in [1.807, 2.05) is 19.2 Å². The van der Waals surface area contributed by atoms with Crippen LogP contribution in [0.3, 0.4) is 0 Å². The molecule has 0 aromatic carbocycles. The van der Waals surface area contributed by atoms with Crippen LogP contribution in [0.4, 0.5) is 17.3 Å². The van der Waals surface area contributed by atoms with E-state index in [-0.39, 0.29) is 11.2 Å². The van der Waals surface area contributed by atoms with Gasteiger partial charge in [-0.05, 0) is 24.1 Å². The molecule has 0 aliphatic carbocycles. The molecule has 0 fully saturated rings. The van der Waals surface area contributed by atoms with Crippen molar-refractivity contribution >= 4 is 42.9 Å². The number of rotatable bonds is 7. The number of nitrogens with one attached hydrogen (secondary N) is 1. The van der Waals surface area contributed by atoms with E-state index >= 15 is 0 Å². The number of amides is 1. The number of halogens is 1. The Morgan fingerprint density at radius 1 is 1.37 bits per heavy atom. The zero-order valence-electron chi connectivity index (χ0n) is 16.1. The maximum atomic E-state index is 12.5. The molecule has 3 heterocycles. The lowest BCUT2D eigenvalue weighted by atomic mass is 10.1. The van der Waals surface area contributed by atoms with Crippen LogP contribution in [-0.2, 0) is 16.3 Å². The van der Waals surface area contributed by atoms with E-state index < -0.39 is 14.1 Å². The Labute approximate surface area is 164 Å². The first-order chi connectivity index (χ1) is 12.8. The molecule has 0 spiro atoms. The van der Waals surface area contributed by atoms with Crippen LogP contribution in [-0.4, -0.2) is 46.4 Å². The Morgan fingerprint density at radius 3 is 2.85 bits per heavy atom. The Kier molecular flexibility index (Phi) is 5.83. The van der Waals surface area contributed by atoms with Crippen molar-refractivity contribution in [3.05, 3.63) is 23.7 Å². The SMILES string of the molecule is CCC1C(=O)Nc2cnc(Cl)nc2N1c1ccn(COCC[Si](C)(C)C)n1. The molecule has 8 nitrogen and oxygen atoms in total. The summed E-state index contributed by atoms with van der Waals surface area (Å²) in [5.74, 6) is 1.06. The Balaban J connectivity index is 1.79. The molecule has 0 bridgehead atoms. The third-order valence-electron chi connectivity index (χ3n) is 4.32. The normalized spacial score (nSPS) is 17.0. The lowest BCUT2D eigenvalue weighted by Gasteiger charge is -2.34. The Bertz CT molecular complexity index is 822. The van der Waals surface area contributed by atoms with Crippen molar-refractivity contribution in [2.75, 3.05) is 16.8 Å². The third-order valence-corrected chi connectivity index (χ3v) is 6.21. The molecular formula is C17H25ClN6O2Si. The van der Waals surface area contributed by atoms with Crippen molar-refractivity contribution in [2.24, 2.45) is 0 Å². The van der Waals surface area contributed by atoms with Gasteiger partial charge in [0.15, 0.2) is 11.6 Å². The van der Waals surface area contributed by atoms with Crippen LogP contribution < -0.4 is 10.2 Å². The second kappa shape index (κ2) is 7.95. The van der Waals surface area contributed by atoms with Crippen molar-refractivity contribution in [2.45, 2.75) is 51.8 Å². The van der Waals surface area contributed by atoms with Gasteiger partial charge in [-0.25, -0.2) is 9.67 Å².